The van der Waals surface area contributed by atoms with Crippen LogP contribution >= 0.6 is 0 Å². The number of nitrogens with zero attached hydrogens (tertiary/aromatic N) is 3. The van der Waals surface area contributed by atoms with Gasteiger partial charge in [0.05, 0.1) is 30.9 Å². The largest absolute Gasteiger partial charge is 0.496 e. The van der Waals surface area contributed by atoms with E-state index in [4.69, 9.17) is 9.47 Å². The molecule has 0 bridgehead atoms. The summed E-state index contributed by atoms with van der Waals surface area (Å²) in [5, 5.41) is 4.14. The molecule has 0 amide bonds. The SMILES string of the molecule is COc1ccc(S(=O)(=O)N2CCO[C@H](c3cnn(C)c3)C2)c(C)c1C. The second-order valence-electron chi connectivity index (χ2n) is 6.19. The monoisotopic (exact) mass is 365 g/mol. The van der Waals surface area contributed by atoms with Gasteiger partial charge in [0.15, 0.2) is 0 Å². The van der Waals surface area contributed by atoms with E-state index in [0.29, 0.717) is 29.4 Å². The van der Waals surface area contributed by atoms with Gasteiger partial charge in [0, 0.05) is 31.9 Å². The molecule has 1 aliphatic rings. The van der Waals surface area contributed by atoms with Gasteiger partial charge in [-0.2, -0.15) is 9.40 Å². The first-order chi connectivity index (χ1) is 11.8. The highest BCUT2D eigenvalue weighted by Gasteiger charge is 2.33. The standard InChI is InChI=1S/C17H23N3O4S/c1-12-13(2)17(6-5-15(12)23-4)25(21,22)20-7-8-24-16(11-20)14-9-18-19(3)10-14/h5-6,9-10,16H,7-8,11H2,1-4H3/t16-/m0/s1. The average molecular weight is 365 g/mol. The molecule has 0 aliphatic carbocycles. The minimum Gasteiger partial charge on any atom is -0.496 e. The van der Waals surface area contributed by atoms with E-state index in [-0.39, 0.29) is 12.6 Å². The van der Waals surface area contributed by atoms with E-state index in [9.17, 15) is 8.42 Å². The predicted molar refractivity (Wildman–Crippen MR) is 93.1 cm³/mol. The summed E-state index contributed by atoms with van der Waals surface area (Å²) in [5.41, 5.74) is 2.43. The van der Waals surface area contributed by atoms with Crippen LogP contribution in [0.3, 0.4) is 0 Å². The molecule has 0 spiro atoms. The second-order valence-corrected chi connectivity index (χ2v) is 8.09. The van der Waals surface area contributed by atoms with Crippen LogP contribution in [-0.4, -0.2) is 49.3 Å². The summed E-state index contributed by atoms with van der Waals surface area (Å²) < 4.78 is 40.5. The van der Waals surface area contributed by atoms with Crippen molar-refractivity contribution in [3.8, 4) is 5.75 Å². The van der Waals surface area contributed by atoms with Crippen molar-refractivity contribution in [2.45, 2.75) is 24.8 Å². The Bertz CT molecular complexity index is 876. The molecule has 2 heterocycles. The Morgan fingerprint density at radius 2 is 2.04 bits per heavy atom. The van der Waals surface area contributed by atoms with Gasteiger partial charge in [-0.3, -0.25) is 4.68 Å². The Morgan fingerprint density at radius 1 is 1.28 bits per heavy atom. The summed E-state index contributed by atoms with van der Waals surface area (Å²) in [6.07, 6.45) is 3.25. The number of aromatic nitrogens is 2. The number of benzene rings is 1. The van der Waals surface area contributed by atoms with E-state index in [1.165, 1.54) is 4.31 Å². The molecule has 0 N–H and O–H groups in total. The van der Waals surface area contributed by atoms with Crippen LogP contribution in [0.1, 0.15) is 22.8 Å². The maximum Gasteiger partial charge on any atom is 0.243 e. The summed E-state index contributed by atoms with van der Waals surface area (Å²) in [5.74, 6) is 0.687. The third kappa shape index (κ3) is 3.29. The topological polar surface area (TPSA) is 73.7 Å². The van der Waals surface area contributed by atoms with Crippen LogP contribution in [0.2, 0.25) is 0 Å². The van der Waals surface area contributed by atoms with Crippen molar-refractivity contribution in [3.05, 3.63) is 41.2 Å². The van der Waals surface area contributed by atoms with Gasteiger partial charge in [-0.25, -0.2) is 8.42 Å². The summed E-state index contributed by atoms with van der Waals surface area (Å²) in [7, 11) is -0.200. The molecule has 1 atom stereocenters. The number of methoxy groups -OCH3 is 1. The van der Waals surface area contributed by atoms with E-state index >= 15 is 0 Å². The van der Waals surface area contributed by atoms with E-state index in [2.05, 4.69) is 5.10 Å². The minimum absolute atomic E-state index is 0.276. The van der Waals surface area contributed by atoms with Gasteiger partial charge in [0.2, 0.25) is 10.0 Å². The summed E-state index contributed by atoms with van der Waals surface area (Å²) in [6.45, 7) is 4.64. The van der Waals surface area contributed by atoms with Gasteiger partial charge in [-0.1, -0.05) is 0 Å². The van der Waals surface area contributed by atoms with E-state index in [1.54, 1.807) is 30.1 Å². The van der Waals surface area contributed by atoms with Crippen molar-refractivity contribution >= 4 is 10.0 Å². The molecule has 3 rings (SSSR count). The highest BCUT2D eigenvalue weighted by atomic mass is 32.2. The van der Waals surface area contributed by atoms with Gasteiger partial charge in [-0.15, -0.1) is 0 Å². The Hall–Kier alpha value is -1.90. The number of sulfonamides is 1. The Kier molecular flexibility index (Phi) is 4.86. The van der Waals surface area contributed by atoms with Crippen molar-refractivity contribution in [3.63, 3.8) is 0 Å². The van der Waals surface area contributed by atoms with Crippen LogP contribution in [0.25, 0.3) is 0 Å². The van der Waals surface area contributed by atoms with Gasteiger partial charge in [-0.05, 0) is 37.1 Å². The first-order valence-corrected chi connectivity index (χ1v) is 9.53. The number of morpholine rings is 1. The smallest absolute Gasteiger partial charge is 0.243 e. The maximum absolute atomic E-state index is 13.2. The van der Waals surface area contributed by atoms with Gasteiger partial charge < -0.3 is 9.47 Å². The van der Waals surface area contributed by atoms with E-state index in [0.717, 1.165) is 11.1 Å². The molecule has 7 nitrogen and oxygen atoms in total. The lowest BCUT2D eigenvalue weighted by molar-refractivity contribution is -0.00260. The molecule has 1 fully saturated rings. The molecule has 0 saturated carbocycles. The Balaban J connectivity index is 1.91. The number of hydrogen-bond acceptors (Lipinski definition) is 5. The zero-order valence-electron chi connectivity index (χ0n) is 14.9. The van der Waals surface area contributed by atoms with Gasteiger partial charge in [0.1, 0.15) is 5.75 Å². The lowest BCUT2D eigenvalue weighted by Crippen LogP contribution is -2.42. The summed E-state index contributed by atoms with van der Waals surface area (Å²) >= 11 is 0. The fourth-order valence-electron chi connectivity index (χ4n) is 3.06. The minimum atomic E-state index is -3.60. The van der Waals surface area contributed by atoms with Gasteiger partial charge >= 0.3 is 0 Å². The first kappa shape index (κ1) is 17.9. The zero-order valence-corrected chi connectivity index (χ0v) is 15.7. The van der Waals surface area contributed by atoms with Crippen LogP contribution in [0.5, 0.6) is 5.75 Å². The van der Waals surface area contributed by atoms with Crippen molar-refractivity contribution < 1.29 is 17.9 Å². The molecule has 1 saturated heterocycles. The quantitative estimate of drug-likeness (QED) is 0.826. The van der Waals surface area contributed by atoms with Gasteiger partial charge in [0.25, 0.3) is 0 Å². The average Bonchev–Trinajstić information content (AvgIpc) is 3.03. The third-order valence-corrected chi connectivity index (χ3v) is 6.66. The summed E-state index contributed by atoms with van der Waals surface area (Å²) in [6, 6.07) is 3.32. The van der Waals surface area contributed by atoms with E-state index < -0.39 is 10.0 Å². The van der Waals surface area contributed by atoms with E-state index in [1.807, 2.05) is 27.1 Å². The molecule has 0 radical (unpaired) electrons. The fourth-order valence-corrected chi connectivity index (χ4v) is 4.77. The molecular formula is C17H23N3O4S. The van der Waals surface area contributed by atoms with Crippen LogP contribution in [0.4, 0.5) is 0 Å². The third-order valence-electron chi connectivity index (χ3n) is 4.65. The number of ether oxygens (including phenoxy) is 2. The van der Waals surface area contributed by atoms with Crippen molar-refractivity contribution in [2.75, 3.05) is 26.8 Å². The lowest BCUT2D eigenvalue weighted by Gasteiger charge is -2.32. The molecule has 0 unspecified atom stereocenters. The lowest BCUT2D eigenvalue weighted by atomic mass is 10.1. The number of hydrogen-bond donors (Lipinski definition) is 0. The number of aryl methyl sites for hydroxylation is 1. The normalized spacial score (nSPS) is 19.1. The highest BCUT2D eigenvalue weighted by Crippen LogP contribution is 2.31. The molecule has 1 aliphatic heterocycles. The molecule has 1 aromatic heterocycles. The predicted octanol–water partition coefficient (Wildman–Crippen LogP) is 1.81. The molecule has 2 aromatic rings. The zero-order chi connectivity index (χ0) is 18.2. The van der Waals surface area contributed by atoms with Crippen molar-refractivity contribution in [1.82, 2.24) is 14.1 Å². The Morgan fingerprint density at radius 3 is 2.68 bits per heavy atom. The van der Waals surface area contributed by atoms with Crippen LogP contribution in [0, 0.1) is 13.8 Å². The molecule has 136 valence electrons. The molecular weight excluding hydrogens is 342 g/mol. The molecule has 8 heteroatoms. The highest BCUT2D eigenvalue weighted by molar-refractivity contribution is 7.89. The first-order valence-electron chi connectivity index (χ1n) is 8.09. The molecule has 1 aromatic carbocycles. The fraction of sp³-hybridized carbons (Fsp3) is 0.471. The maximum atomic E-state index is 13.2. The van der Waals surface area contributed by atoms with Crippen molar-refractivity contribution in [2.24, 2.45) is 7.05 Å². The summed E-state index contributed by atoms with van der Waals surface area (Å²) in [4.78, 5) is 0.317. The van der Waals surface area contributed by atoms with Crippen LogP contribution < -0.4 is 4.74 Å². The van der Waals surface area contributed by atoms with Crippen molar-refractivity contribution in [1.29, 1.82) is 0 Å². The Labute approximate surface area is 148 Å². The van der Waals surface area contributed by atoms with Crippen LogP contribution in [0.15, 0.2) is 29.4 Å². The molecule has 25 heavy (non-hydrogen) atoms. The van der Waals surface area contributed by atoms with Crippen LogP contribution in [-0.2, 0) is 21.8 Å². The second kappa shape index (κ2) is 6.78. The number of rotatable bonds is 4.